The molecule has 0 unspecified atom stereocenters. The predicted octanol–water partition coefficient (Wildman–Crippen LogP) is 2.98. The first kappa shape index (κ1) is 17.0. The van der Waals surface area contributed by atoms with Crippen molar-refractivity contribution < 1.29 is 4.79 Å². The van der Waals surface area contributed by atoms with Crippen LogP contribution in [0.1, 0.15) is 19.4 Å². The fourth-order valence-corrected chi connectivity index (χ4v) is 2.99. The molecule has 5 nitrogen and oxygen atoms in total. The molecule has 0 aliphatic heterocycles. The number of nitrogens with zero attached hydrogens (tertiary/aromatic N) is 4. The number of hydrogen-bond donors (Lipinski definition) is 0. The lowest BCUT2D eigenvalue weighted by Gasteiger charge is -2.18. The lowest BCUT2D eigenvalue weighted by Crippen LogP contribution is -2.31. The minimum absolute atomic E-state index is 0.0556. The van der Waals surface area contributed by atoms with Crippen LogP contribution in [0.2, 0.25) is 0 Å². The Balaban J connectivity index is 2.20. The summed E-state index contributed by atoms with van der Waals surface area (Å²) in [6.45, 7) is 5.28. The summed E-state index contributed by atoms with van der Waals surface area (Å²) >= 11 is 1.31. The summed E-state index contributed by atoms with van der Waals surface area (Å²) in [4.78, 5) is 22.4. The van der Waals surface area contributed by atoms with Crippen molar-refractivity contribution in [2.45, 2.75) is 18.9 Å². The smallest absolute Gasteiger partial charge is 0.232 e. The summed E-state index contributed by atoms with van der Waals surface area (Å²) in [7, 11) is 0. The molecule has 0 aliphatic carbocycles. The largest absolute Gasteiger partial charge is 0.343 e. The third-order valence-corrected chi connectivity index (χ3v) is 4.38. The Morgan fingerprint density at radius 3 is 2.52 bits per heavy atom. The average molecular weight is 326 g/mol. The second-order valence-electron chi connectivity index (χ2n) is 4.75. The van der Waals surface area contributed by atoms with Gasteiger partial charge < -0.3 is 4.90 Å². The first-order chi connectivity index (χ1) is 11.2. The first-order valence-electron chi connectivity index (χ1n) is 7.41. The molecule has 0 bridgehead atoms. The van der Waals surface area contributed by atoms with Crippen LogP contribution >= 0.6 is 11.8 Å². The first-order valence-corrected chi connectivity index (χ1v) is 8.40. The van der Waals surface area contributed by atoms with Gasteiger partial charge in [0.15, 0.2) is 0 Å². The van der Waals surface area contributed by atoms with Gasteiger partial charge in [0, 0.05) is 31.0 Å². The van der Waals surface area contributed by atoms with E-state index in [1.54, 1.807) is 23.4 Å². The van der Waals surface area contributed by atoms with Gasteiger partial charge in [-0.2, -0.15) is 5.26 Å². The molecule has 0 spiro atoms. The van der Waals surface area contributed by atoms with Crippen LogP contribution in [0.5, 0.6) is 0 Å². The van der Waals surface area contributed by atoms with Crippen molar-refractivity contribution in [2.24, 2.45) is 0 Å². The van der Waals surface area contributed by atoms with Crippen LogP contribution in [0.25, 0.3) is 11.3 Å². The number of rotatable bonds is 6. The van der Waals surface area contributed by atoms with Gasteiger partial charge in [0.1, 0.15) is 11.1 Å². The van der Waals surface area contributed by atoms with E-state index >= 15 is 0 Å². The number of carbonyl (C=O) groups is 1. The summed E-state index contributed by atoms with van der Waals surface area (Å²) in [5.74, 6) is 0.336. The number of hydrogen-bond acceptors (Lipinski definition) is 5. The highest BCUT2D eigenvalue weighted by molar-refractivity contribution is 8.00. The Morgan fingerprint density at radius 1 is 1.22 bits per heavy atom. The number of carbonyl (C=O) groups excluding carboxylic acids is 1. The van der Waals surface area contributed by atoms with E-state index in [-0.39, 0.29) is 11.7 Å². The Morgan fingerprint density at radius 2 is 1.91 bits per heavy atom. The molecule has 1 amide bonds. The van der Waals surface area contributed by atoms with Crippen LogP contribution in [0.3, 0.4) is 0 Å². The minimum Gasteiger partial charge on any atom is -0.343 e. The maximum Gasteiger partial charge on any atom is 0.232 e. The van der Waals surface area contributed by atoms with Crippen LogP contribution in [0.4, 0.5) is 0 Å². The maximum atomic E-state index is 12.1. The second kappa shape index (κ2) is 8.30. The van der Waals surface area contributed by atoms with E-state index < -0.39 is 0 Å². The van der Waals surface area contributed by atoms with Crippen molar-refractivity contribution in [3.63, 3.8) is 0 Å². The summed E-state index contributed by atoms with van der Waals surface area (Å²) in [5, 5.41) is 9.82. The second-order valence-corrected chi connectivity index (χ2v) is 5.72. The van der Waals surface area contributed by atoms with Gasteiger partial charge in [0.2, 0.25) is 5.91 Å². The van der Waals surface area contributed by atoms with Crippen molar-refractivity contribution in [3.8, 4) is 17.3 Å². The molecule has 2 aromatic heterocycles. The van der Waals surface area contributed by atoms with Gasteiger partial charge in [-0.05, 0) is 38.1 Å². The molecule has 0 saturated carbocycles. The van der Waals surface area contributed by atoms with E-state index in [1.165, 1.54) is 11.8 Å². The van der Waals surface area contributed by atoms with Crippen LogP contribution in [-0.2, 0) is 4.79 Å². The number of nitriles is 1. The van der Waals surface area contributed by atoms with Crippen LogP contribution in [-0.4, -0.2) is 39.6 Å². The molecule has 6 heteroatoms. The van der Waals surface area contributed by atoms with E-state index in [9.17, 15) is 10.1 Å². The lowest BCUT2D eigenvalue weighted by molar-refractivity contribution is -0.127. The number of thioether (sulfide) groups is 1. The molecule has 2 heterocycles. The van der Waals surface area contributed by atoms with Gasteiger partial charge in [0.05, 0.1) is 17.0 Å². The highest BCUT2D eigenvalue weighted by Crippen LogP contribution is 2.25. The van der Waals surface area contributed by atoms with E-state index in [0.29, 0.717) is 23.7 Å². The van der Waals surface area contributed by atoms with Crippen molar-refractivity contribution in [1.82, 2.24) is 14.9 Å². The van der Waals surface area contributed by atoms with Crippen molar-refractivity contribution in [1.29, 1.82) is 5.26 Å². The molecule has 2 aromatic rings. The molecule has 0 N–H and O–H groups in total. The van der Waals surface area contributed by atoms with Crippen molar-refractivity contribution in [3.05, 3.63) is 42.2 Å². The summed E-state index contributed by atoms with van der Waals surface area (Å²) in [6.07, 6.45) is 3.40. The molecule has 23 heavy (non-hydrogen) atoms. The Labute approximate surface area is 140 Å². The van der Waals surface area contributed by atoms with E-state index in [4.69, 9.17) is 0 Å². The third kappa shape index (κ3) is 4.30. The topological polar surface area (TPSA) is 69.9 Å². The van der Waals surface area contributed by atoms with Gasteiger partial charge in [-0.3, -0.25) is 9.78 Å². The summed E-state index contributed by atoms with van der Waals surface area (Å²) in [5.41, 5.74) is 2.19. The van der Waals surface area contributed by atoms with Crippen LogP contribution in [0, 0.1) is 11.3 Å². The highest BCUT2D eigenvalue weighted by Gasteiger charge is 2.13. The molecule has 0 fully saturated rings. The summed E-state index contributed by atoms with van der Waals surface area (Å²) < 4.78 is 0. The third-order valence-electron chi connectivity index (χ3n) is 3.41. The number of aromatic nitrogens is 2. The zero-order chi connectivity index (χ0) is 16.7. The van der Waals surface area contributed by atoms with Crippen LogP contribution in [0.15, 0.2) is 41.7 Å². The zero-order valence-corrected chi connectivity index (χ0v) is 14.0. The molecular formula is C17H18N4OS. The number of amides is 1. The van der Waals surface area contributed by atoms with Crippen LogP contribution < -0.4 is 0 Å². The Kier molecular flexibility index (Phi) is 6.12. The fourth-order valence-electron chi connectivity index (χ4n) is 2.12. The lowest BCUT2D eigenvalue weighted by atomic mass is 10.1. The van der Waals surface area contributed by atoms with Gasteiger partial charge >= 0.3 is 0 Å². The molecule has 0 aliphatic rings. The van der Waals surface area contributed by atoms with Gasteiger partial charge in [-0.25, -0.2) is 4.98 Å². The summed E-state index contributed by atoms with van der Waals surface area (Å²) in [6, 6.07) is 9.42. The Hall–Kier alpha value is -2.39. The normalized spacial score (nSPS) is 10.1. The average Bonchev–Trinajstić information content (AvgIpc) is 2.61. The quantitative estimate of drug-likeness (QED) is 0.763. The molecular weight excluding hydrogens is 308 g/mol. The monoisotopic (exact) mass is 326 g/mol. The Bertz CT molecular complexity index is 708. The minimum atomic E-state index is 0.0556. The van der Waals surface area contributed by atoms with Gasteiger partial charge in [-0.1, -0.05) is 11.8 Å². The fraction of sp³-hybridized carbons (Fsp3) is 0.294. The van der Waals surface area contributed by atoms with Crippen molar-refractivity contribution >= 4 is 17.7 Å². The van der Waals surface area contributed by atoms with Gasteiger partial charge in [-0.15, -0.1) is 0 Å². The zero-order valence-electron chi connectivity index (χ0n) is 13.2. The SMILES string of the molecule is CCN(CC)C(=O)CSc1nc(-c2ccncc2)ccc1C#N. The van der Waals surface area contributed by atoms with E-state index in [2.05, 4.69) is 16.0 Å². The highest BCUT2D eigenvalue weighted by atomic mass is 32.2. The molecule has 2 rings (SSSR count). The maximum absolute atomic E-state index is 12.1. The molecule has 0 saturated heterocycles. The van der Waals surface area contributed by atoms with E-state index in [1.807, 2.05) is 32.0 Å². The van der Waals surface area contributed by atoms with E-state index in [0.717, 1.165) is 11.3 Å². The molecule has 0 atom stereocenters. The van der Waals surface area contributed by atoms with Crippen molar-refractivity contribution in [2.75, 3.05) is 18.8 Å². The molecule has 0 aromatic carbocycles. The van der Waals surface area contributed by atoms with Gasteiger partial charge in [0.25, 0.3) is 0 Å². The molecule has 0 radical (unpaired) electrons. The molecule has 118 valence electrons. The number of pyridine rings is 2. The standard InChI is InChI=1S/C17H18N4OS/c1-3-21(4-2)16(22)12-23-17-14(11-18)5-6-15(20-17)13-7-9-19-10-8-13/h5-10H,3-4,12H2,1-2H3. The predicted molar refractivity (Wildman–Crippen MR) is 90.8 cm³/mol.